The Morgan fingerprint density at radius 3 is 2.60 bits per heavy atom. The standard InChI is InChI=1S/C16H19ClN2O/c1-10(2)14-7-12(9-18)8-16(19-14)20-15-5-4-11(3)6-13(15)17/h4-8,10H,9,18H2,1-3H3. The molecular weight excluding hydrogens is 272 g/mol. The first-order chi connectivity index (χ1) is 9.49. The zero-order valence-electron chi connectivity index (χ0n) is 12.0. The van der Waals surface area contributed by atoms with E-state index in [0.717, 1.165) is 16.8 Å². The average Bonchev–Trinajstić information content (AvgIpc) is 2.41. The fraction of sp³-hybridized carbons (Fsp3) is 0.312. The molecule has 0 aliphatic heterocycles. The van der Waals surface area contributed by atoms with Gasteiger partial charge in [0.25, 0.3) is 0 Å². The molecule has 0 radical (unpaired) electrons. The van der Waals surface area contributed by atoms with E-state index in [1.54, 1.807) is 0 Å². The number of ether oxygens (including phenoxy) is 1. The smallest absolute Gasteiger partial charge is 0.219 e. The number of hydrogen-bond acceptors (Lipinski definition) is 3. The minimum Gasteiger partial charge on any atom is -0.437 e. The van der Waals surface area contributed by atoms with Crippen LogP contribution in [-0.2, 0) is 6.54 Å². The number of aromatic nitrogens is 1. The zero-order chi connectivity index (χ0) is 14.7. The van der Waals surface area contributed by atoms with Crippen LogP contribution in [-0.4, -0.2) is 4.98 Å². The highest BCUT2D eigenvalue weighted by molar-refractivity contribution is 6.32. The Morgan fingerprint density at radius 2 is 2.00 bits per heavy atom. The van der Waals surface area contributed by atoms with Gasteiger partial charge in [0, 0.05) is 18.3 Å². The average molecular weight is 291 g/mol. The third kappa shape index (κ3) is 3.50. The Hall–Kier alpha value is -1.58. The van der Waals surface area contributed by atoms with E-state index in [1.807, 2.05) is 37.3 Å². The summed E-state index contributed by atoms with van der Waals surface area (Å²) in [5, 5.41) is 0.580. The maximum absolute atomic E-state index is 6.18. The molecule has 0 unspecified atom stereocenters. The summed E-state index contributed by atoms with van der Waals surface area (Å²) in [5.74, 6) is 1.45. The molecule has 0 saturated heterocycles. The van der Waals surface area contributed by atoms with Gasteiger partial charge >= 0.3 is 0 Å². The van der Waals surface area contributed by atoms with E-state index in [2.05, 4.69) is 18.8 Å². The molecule has 20 heavy (non-hydrogen) atoms. The molecule has 2 rings (SSSR count). The molecular formula is C16H19ClN2O. The summed E-state index contributed by atoms with van der Waals surface area (Å²) in [6.07, 6.45) is 0. The Bertz CT molecular complexity index is 611. The van der Waals surface area contributed by atoms with Crippen molar-refractivity contribution in [3.8, 4) is 11.6 Å². The molecule has 0 spiro atoms. The van der Waals surface area contributed by atoms with Gasteiger partial charge in [0.2, 0.25) is 5.88 Å². The number of nitrogens with two attached hydrogens (primary N) is 1. The number of nitrogens with zero attached hydrogens (tertiary/aromatic N) is 1. The third-order valence-corrected chi connectivity index (χ3v) is 3.31. The molecule has 1 heterocycles. The fourth-order valence-electron chi connectivity index (χ4n) is 1.85. The Balaban J connectivity index is 2.34. The van der Waals surface area contributed by atoms with Crippen molar-refractivity contribution in [1.82, 2.24) is 4.98 Å². The molecule has 106 valence electrons. The van der Waals surface area contributed by atoms with Crippen molar-refractivity contribution < 1.29 is 4.74 Å². The lowest BCUT2D eigenvalue weighted by Gasteiger charge is -2.12. The van der Waals surface area contributed by atoms with Crippen LogP contribution in [0.2, 0.25) is 5.02 Å². The van der Waals surface area contributed by atoms with Crippen LogP contribution in [0.25, 0.3) is 0 Å². The van der Waals surface area contributed by atoms with Gasteiger partial charge in [0.15, 0.2) is 0 Å². The van der Waals surface area contributed by atoms with Crippen LogP contribution in [0.4, 0.5) is 0 Å². The van der Waals surface area contributed by atoms with Gasteiger partial charge in [-0.25, -0.2) is 4.98 Å². The lowest BCUT2D eigenvalue weighted by atomic mass is 10.1. The molecule has 0 saturated carbocycles. The minimum absolute atomic E-state index is 0.317. The van der Waals surface area contributed by atoms with Crippen molar-refractivity contribution in [1.29, 1.82) is 0 Å². The van der Waals surface area contributed by atoms with Gasteiger partial charge in [-0.05, 0) is 42.2 Å². The summed E-state index contributed by atoms with van der Waals surface area (Å²) in [6.45, 7) is 6.62. The monoisotopic (exact) mass is 290 g/mol. The largest absolute Gasteiger partial charge is 0.437 e. The van der Waals surface area contributed by atoms with Crippen LogP contribution in [0, 0.1) is 6.92 Å². The number of pyridine rings is 1. The summed E-state index contributed by atoms with van der Waals surface area (Å²) in [6, 6.07) is 9.53. The molecule has 0 bridgehead atoms. The summed E-state index contributed by atoms with van der Waals surface area (Å²) in [7, 11) is 0. The van der Waals surface area contributed by atoms with Gasteiger partial charge in [-0.15, -0.1) is 0 Å². The molecule has 4 heteroatoms. The van der Waals surface area contributed by atoms with Crippen LogP contribution in [0.3, 0.4) is 0 Å². The second-order valence-electron chi connectivity index (χ2n) is 5.13. The third-order valence-electron chi connectivity index (χ3n) is 3.01. The molecule has 2 aromatic rings. The van der Waals surface area contributed by atoms with Crippen molar-refractivity contribution in [3.05, 3.63) is 52.2 Å². The first kappa shape index (κ1) is 14.8. The first-order valence-electron chi connectivity index (χ1n) is 6.64. The maximum atomic E-state index is 6.18. The molecule has 1 aromatic carbocycles. The van der Waals surface area contributed by atoms with Gasteiger partial charge in [-0.2, -0.15) is 0 Å². The van der Waals surface area contributed by atoms with E-state index in [4.69, 9.17) is 22.1 Å². The quantitative estimate of drug-likeness (QED) is 0.907. The van der Waals surface area contributed by atoms with Gasteiger partial charge < -0.3 is 10.5 Å². The van der Waals surface area contributed by atoms with Crippen molar-refractivity contribution in [2.45, 2.75) is 33.2 Å². The van der Waals surface area contributed by atoms with E-state index in [1.165, 1.54) is 0 Å². The molecule has 2 N–H and O–H groups in total. The van der Waals surface area contributed by atoms with Crippen LogP contribution < -0.4 is 10.5 Å². The van der Waals surface area contributed by atoms with Gasteiger partial charge in [-0.3, -0.25) is 0 Å². The highest BCUT2D eigenvalue weighted by atomic mass is 35.5. The second kappa shape index (κ2) is 6.25. The summed E-state index contributed by atoms with van der Waals surface area (Å²) < 4.78 is 5.80. The number of benzene rings is 1. The molecule has 0 aliphatic carbocycles. The first-order valence-corrected chi connectivity index (χ1v) is 7.02. The van der Waals surface area contributed by atoms with Crippen LogP contribution in [0.1, 0.15) is 36.6 Å². The Morgan fingerprint density at radius 1 is 1.25 bits per heavy atom. The highest BCUT2D eigenvalue weighted by Crippen LogP contribution is 2.30. The van der Waals surface area contributed by atoms with Crippen LogP contribution in [0.15, 0.2) is 30.3 Å². The SMILES string of the molecule is Cc1ccc(Oc2cc(CN)cc(C(C)C)n2)c(Cl)c1. The van der Waals surface area contributed by atoms with Gasteiger partial charge in [-0.1, -0.05) is 31.5 Å². The Kier molecular flexibility index (Phi) is 4.63. The number of halogens is 1. The van der Waals surface area contributed by atoms with E-state index in [-0.39, 0.29) is 0 Å². The molecule has 1 aromatic heterocycles. The predicted molar refractivity (Wildman–Crippen MR) is 82.5 cm³/mol. The molecule has 0 aliphatic rings. The summed E-state index contributed by atoms with van der Waals surface area (Å²) >= 11 is 6.18. The second-order valence-corrected chi connectivity index (χ2v) is 5.54. The summed E-state index contributed by atoms with van der Waals surface area (Å²) in [5.41, 5.74) is 8.78. The molecule has 0 amide bonds. The number of rotatable bonds is 4. The normalized spacial score (nSPS) is 10.9. The fourth-order valence-corrected chi connectivity index (χ4v) is 2.12. The van der Waals surface area contributed by atoms with Crippen LogP contribution in [0.5, 0.6) is 11.6 Å². The number of aryl methyl sites for hydroxylation is 1. The lowest BCUT2D eigenvalue weighted by molar-refractivity contribution is 0.458. The molecule has 0 atom stereocenters. The number of hydrogen-bond donors (Lipinski definition) is 1. The van der Waals surface area contributed by atoms with E-state index >= 15 is 0 Å². The zero-order valence-corrected chi connectivity index (χ0v) is 12.7. The van der Waals surface area contributed by atoms with Gasteiger partial charge in [0.05, 0.1) is 5.02 Å². The molecule has 0 fully saturated rings. The summed E-state index contributed by atoms with van der Waals surface area (Å²) in [4.78, 5) is 4.50. The van der Waals surface area contributed by atoms with Crippen molar-refractivity contribution >= 4 is 11.6 Å². The van der Waals surface area contributed by atoms with E-state index < -0.39 is 0 Å². The van der Waals surface area contributed by atoms with Crippen molar-refractivity contribution in [2.75, 3.05) is 0 Å². The van der Waals surface area contributed by atoms with E-state index in [0.29, 0.717) is 29.1 Å². The molecule has 3 nitrogen and oxygen atoms in total. The Labute approximate surface area is 124 Å². The predicted octanol–water partition coefficient (Wildman–Crippen LogP) is 4.42. The van der Waals surface area contributed by atoms with Crippen LogP contribution >= 0.6 is 11.6 Å². The lowest BCUT2D eigenvalue weighted by Crippen LogP contribution is -2.02. The highest BCUT2D eigenvalue weighted by Gasteiger charge is 2.09. The van der Waals surface area contributed by atoms with Crippen molar-refractivity contribution in [2.24, 2.45) is 5.73 Å². The topological polar surface area (TPSA) is 48.1 Å². The minimum atomic E-state index is 0.317. The maximum Gasteiger partial charge on any atom is 0.219 e. The van der Waals surface area contributed by atoms with Gasteiger partial charge in [0.1, 0.15) is 5.75 Å². The van der Waals surface area contributed by atoms with E-state index in [9.17, 15) is 0 Å². The van der Waals surface area contributed by atoms with Crippen molar-refractivity contribution in [3.63, 3.8) is 0 Å².